The number of fused-ring (bicyclic) bond motifs is 1. The summed E-state index contributed by atoms with van der Waals surface area (Å²) >= 11 is 5.11. The molecule has 2 heterocycles. The van der Waals surface area contributed by atoms with E-state index in [4.69, 9.17) is 0 Å². The van der Waals surface area contributed by atoms with E-state index in [2.05, 4.69) is 21.2 Å². The van der Waals surface area contributed by atoms with Gasteiger partial charge in [0.2, 0.25) is 11.8 Å². The second kappa shape index (κ2) is 7.07. The summed E-state index contributed by atoms with van der Waals surface area (Å²) in [4.78, 5) is 27.9. The van der Waals surface area contributed by atoms with E-state index in [1.54, 1.807) is 16.2 Å². The Morgan fingerprint density at radius 3 is 2.88 bits per heavy atom. The molecule has 126 valence electrons. The average molecular weight is 407 g/mol. The second-order valence-electron chi connectivity index (χ2n) is 6.32. The monoisotopic (exact) mass is 406 g/mol. The molecule has 0 fully saturated rings. The quantitative estimate of drug-likeness (QED) is 0.819. The van der Waals surface area contributed by atoms with Crippen LogP contribution < -0.4 is 5.32 Å². The lowest BCUT2D eigenvalue weighted by molar-refractivity contribution is -0.136. The van der Waals surface area contributed by atoms with Crippen molar-refractivity contribution in [3.05, 3.63) is 50.6 Å². The topological polar surface area (TPSA) is 49.4 Å². The maximum absolute atomic E-state index is 12.8. The van der Waals surface area contributed by atoms with Gasteiger partial charge in [-0.25, -0.2) is 0 Å². The van der Waals surface area contributed by atoms with E-state index in [9.17, 15) is 9.59 Å². The molecule has 2 aromatic rings. The third-order valence-electron chi connectivity index (χ3n) is 3.92. The van der Waals surface area contributed by atoms with Crippen molar-refractivity contribution in [2.75, 3.05) is 11.9 Å². The average Bonchev–Trinajstić information content (AvgIpc) is 2.97. The molecule has 1 unspecified atom stereocenters. The lowest BCUT2D eigenvalue weighted by Gasteiger charge is -2.30. The number of halogens is 1. The molecule has 0 saturated heterocycles. The third-order valence-corrected chi connectivity index (χ3v) is 5.34. The van der Waals surface area contributed by atoms with Crippen molar-refractivity contribution in [1.82, 2.24) is 4.90 Å². The van der Waals surface area contributed by atoms with Gasteiger partial charge in [-0.1, -0.05) is 35.8 Å². The van der Waals surface area contributed by atoms with Crippen molar-refractivity contribution in [3.63, 3.8) is 0 Å². The molecule has 0 bridgehead atoms. The van der Waals surface area contributed by atoms with Crippen LogP contribution in [0.2, 0.25) is 0 Å². The van der Waals surface area contributed by atoms with Crippen molar-refractivity contribution in [1.29, 1.82) is 0 Å². The Morgan fingerprint density at radius 1 is 1.42 bits per heavy atom. The smallest absolute Gasteiger partial charge is 0.244 e. The van der Waals surface area contributed by atoms with Gasteiger partial charge in [0.15, 0.2) is 0 Å². The summed E-state index contributed by atoms with van der Waals surface area (Å²) in [5, 5.41) is 4.93. The van der Waals surface area contributed by atoms with Gasteiger partial charge in [-0.3, -0.25) is 9.59 Å². The number of nitrogens with zero attached hydrogens (tertiary/aromatic N) is 1. The third kappa shape index (κ3) is 3.54. The maximum atomic E-state index is 12.8. The first-order valence-electron chi connectivity index (χ1n) is 7.88. The minimum Gasteiger partial charge on any atom is -0.324 e. The zero-order chi connectivity index (χ0) is 17.3. The Bertz CT molecular complexity index is 758. The summed E-state index contributed by atoms with van der Waals surface area (Å²) < 4.78 is 0.926. The lowest BCUT2D eigenvalue weighted by Crippen LogP contribution is -2.39. The SMILES string of the molecule is CC(C)CC(=O)N1CC(=O)Nc2ccc(Br)cc2C1c1cccs1. The normalized spacial score (nSPS) is 17.4. The van der Waals surface area contributed by atoms with E-state index in [-0.39, 0.29) is 30.3 Å². The molecule has 4 nitrogen and oxygen atoms in total. The van der Waals surface area contributed by atoms with Crippen LogP contribution in [0.1, 0.15) is 36.8 Å². The van der Waals surface area contributed by atoms with Gasteiger partial charge >= 0.3 is 0 Å². The van der Waals surface area contributed by atoms with E-state index in [1.165, 1.54) is 0 Å². The fourth-order valence-electron chi connectivity index (χ4n) is 2.93. The zero-order valence-corrected chi connectivity index (χ0v) is 16.0. The summed E-state index contributed by atoms with van der Waals surface area (Å²) in [5.41, 5.74) is 1.70. The lowest BCUT2D eigenvalue weighted by atomic mass is 10.0. The number of anilines is 1. The van der Waals surface area contributed by atoms with E-state index >= 15 is 0 Å². The Morgan fingerprint density at radius 2 is 2.21 bits per heavy atom. The molecule has 1 aliphatic heterocycles. The van der Waals surface area contributed by atoms with Crippen molar-refractivity contribution in [2.45, 2.75) is 26.3 Å². The van der Waals surface area contributed by atoms with Crippen molar-refractivity contribution >= 4 is 44.8 Å². The number of hydrogen-bond donors (Lipinski definition) is 1. The van der Waals surface area contributed by atoms with E-state index in [0.29, 0.717) is 6.42 Å². The highest BCUT2D eigenvalue weighted by molar-refractivity contribution is 9.10. The van der Waals surface area contributed by atoms with Crippen molar-refractivity contribution in [2.24, 2.45) is 5.92 Å². The molecule has 0 spiro atoms. The maximum Gasteiger partial charge on any atom is 0.244 e. The molecule has 1 aliphatic rings. The summed E-state index contributed by atoms with van der Waals surface area (Å²) in [6.07, 6.45) is 0.429. The Labute approximate surface area is 154 Å². The molecule has 3 rings (SSSR count). The highest BCUT2D eigenvalue weighted by Crippen LogP contribution is 2.39. The van der Waals surface area contributed by atoms with Crippen LogP contribution in [0.15, 0.2) is 40.2 Å². The Hall–Kier alpha value is -1.66. The predicted molar refractivity (Wildman–Crippen MR) is 100 cm³/mol. The summed E-state index contributed by atoms with van der Waals surface area (Å²) in [7, 11) is 0. The highest BCUT2D eigenvalue weighted by Gasteiger charge is 2.34. The van der Waals surface area contributed by atoms with E-state index < -0.39 is 0 Å². The molecular formula is C18H19BrN2O2S. The predicted octanol–water partition coefficient (Wildman–Crippen LogP) is 4.43. The van der Waals surface area contributed by atoms with Crippen LogP contribution in [0.5, 0.6) is 0 Å². The van der Waals surface area contributed by atoms with Crippen LogP contribution in [0.25, 0.3) is 0 Å². The first-order chi connectivity index (χ1) is 11.5. The van der Waals surface area contributed by atoms with Gasteiger partial charge in [-0.05, 0) is 35.6 Å². The molecular weight excluding hydrogens is 388 g/mol. The van der Waals surface area contributed by atoms with Crippen LogP contribution in [-0.4, -0.2) is 23.3 Å². The van der Waals surface area contributed by atoms with Crippen LogP contribution in [0.3, 0.4) is 0 Å². The van der Waals surface area contributed by atoms with Gasteiger partial charge in [-0.2, -0.15) is 0 Å². The van der Waals surface area contributed by atoms with Gasteiger partial charge in [0.25, 0.3) is 0 Å². The number of rotatable bonds is 3. The number of amides is 2. The number of carbonyl (C=O) groups is 2. The first kappa shape index (κ1) is 17.2. The molecule has 24 heavy (non-hydrogen) atoms. The summed E-state index contributed by atoms with van der Waals surface area (Å²) in [6, 6.07) is 9.52. The molecule has 1 N–H and O–H groups in total. The van der Waals surface area contributed by atoms with Gasteiger partial charge in [-0.15, -0.1) is 11.3 Å². The van der Waals surface area contributed by atoms with Crippen LogP contribution in [-0.2, 0) is 9.59 Å². The minimum absolute atomic E-state index is 0.00590. The Balaban J connectivity index is 2.12. The second-order valence-corrected chi connectivity index (χ2v) is 8.21. The fraction of sp³-hybridized carbons (Fsp3) is 0.333. The molecule has 1 aromatic heterocycles. The van der Waals surface area contributed by atoms with Gasteiger partial charge in [0, 0.05) is 27.0 Å². The van der Waals surface area contributed by atoms with Crippen LogP contribution >= 0.6 is 27.3 Å². The molecule has 0 aliphatic carbocycles. The largest absolute Gasteiger partial charge is 0.324 e. The van der Waals surface area contributed by atoms with Crippen molar-refractivity contribution in [3.8, 4) is 0 Å². The number of nitrogens with one attached hydrogen (secondary N) is 1. The molecule has 6 heteroatoms. The van der Waals surface area contributed by atoms with Crippen LogP contribution in [0.4, 0.5) is 5.69 Å². The van der Waals surface area contributed by atoms with E-state index in [0.717, 1.165) is 20.6 Å². The summed E-state index contributed by atoms with van der Waals surface area (Å²) in [6.45, 7) is 4.10. The molecule has 0 radical (unpaired) electrons. The number of carbonyl (C=O) groups excluding carboxylic acids is 2. The van der Waals surface area contributed by atoms with Gasteiger partial charge in [0.1, 0.15) is 6.54 Å². The standard InChI is InChI=1S/C18H19BrN2O2S/c1-11(2)8-17(23)21-10-16(22)20-14-6-5-12(19)9-13(14)18(21)15-4-3-7-24-15/h3-7,9,11,18H,8,10H2,1-2H3,(H,20,22). The number of thiophene rings is 1. The Kier molecular flexibility index (Phi) is 5.06. The fourth-order valence-corrected chi connectivity index (χ4v) is 4.16. The molecule has 1 aromatic carbocycles. The van der Waals surface area contributed by atoms with Crippen molar-refractivity contribution < 1.29 is 9.59 Å². The van der Waals surface area contributed by atoms with Gasteiger partial charge < -0.3 is 10.2 Å². The zero-order valence-electron chi connectivity index (χ0n) is 13.6. The van der Waals surface area contributed by atoms with Crippen LogP contribution in [0, 0.1) is 5.92 Å². The summed E-state index contributed by atoms with van der Waals surface area (Å²) in [5.74, 6) is 0.0934. The van der Waals surface area contributed by atoms with Gasteiger partial charge in [0.05, 0.1) is 6.04 Å². The number of benzene rings is 1. The molecule has 2 amide bonds. The molecule has 1 atom stereocenters. The first-order valence-corrected chi connectivity index (χ1v) is 9.55. The van der Waals surface area contributed by atoms with E-state index in [1.807, 2.05) is 49.6 Å². The number of hydrogen-bond acceptors (Lipinski definition) is 3. The minimum atomic E-state index is -0.248. The highest BCUT2D eigenvalue weighted by atomic mass is 79.9. The molecule has 0 saturated carbocycles.